The molecular weight excluding hydrogens is 224 g/mol. The van der Waals surface area contributed by atoms with E-state index in [1.807, 2.05) is 0 Å². The number of hydrogen-bond donors (Lipinski definition) is 1. The molecule has 1 fully saturated rings. The summed E-state index contributed by atoms with van der Waals surface area (Å²) in [6.07, 6.45) is 2.50. The van der Waals surface area contributed by atoms with Crippen LogP contribution in [0.25, 0.3) is 0 Å². The number of benzene rings is 1. The average molecular weight is 248 g/mol. The van der Waals surface area contributed by atoms with Gasteiger partial charge in [-0.2, -0.15) is 0 Å². The summed E-state index contributed by atoms with van der Waals surface area (Å²) in [5, 5.41) is 0. The molecule has 0 atom stereocenters. The lowest BCUT2D eigenvalue weighted by Crippen LogP contribution is -2.35. The summed E-state index contributed by atoms with van der Waals surface area (Å²) in [7, 11) is 1.73. The molecule has 1 aliphatic rings. The van der Waals surface area contributed by atoms with Crippen LogP contribution in [0.15, 0.2) is 24.3 Å². The number of nitrogens with zero attached hydrogens (tertiary/aromatic N) is 1. The molecule has 1 aromatic rings. The molecule has 100 valence electrons. The first kappa shape index (κ1) is 13.5. The molecule has 0 saturated carbocycles. The van der Waals surface area contributed by atoms with E-state index in [0.717, 1.165) is 19.0 Å². The molecule has 2 rings (SSSR count). The van der Waals surface area contributed by atoms with Gasteiger partial charge in [-0.15, -0.1) is 0 Å². The summed E-state index contributed by atoms with van der Waals surface area (Å²) >= 11 is 0. The van der Waals surface area contributed by atoms with Gasteiger partial charge in [0.2, 0.25) is 0 Å². The number of piperidine rings is 1. The zero-order valence-electron chi connectivity index (χ0n) is 11.3. The first-order chi connectivity index (χ1) is 8.81. The van der Waals surface area contributed by atoms with E-state index in [1.54, 1.807) is 7.11 Å². The van der Waals surface area contributed by atoms with Crippen molar-refractivity contribution >= 4 is 0 Å². The molecule has 0 unspecified atom stereocenters. The van der Waals surface area contributed by atoms with Gasteiger partial charge >= 0.3 is 0 Å². The summed E-state index contributed by atoms with van der Waals surface area (Å²) < 4.78 is 5.12. The molecule has 3 nitrogen and oxygen atoms in total. The summed E-state index contributed by atoms with van der Waals surface area (Å²) in [6, 6.07) is 8.74. The number of ether oxygens (including phenoxy) is 1. The molecular formula is C15H24N2O. The molecule has 0 aliphatic carbocycles. The summed E-state index contributed by atoms with van der Waals surface area (Å²) in [5.41, 5.74) is 8.34. The fraction of sp³-hybridized carbons (Fsp3) is 0.600. The van der Waals surface area contributed by atoms with E-state index < -0.39 is 0 Å². The molecule has 1 aromatic carbocycles. The molecule has 0 bridgehead atoms. The standard InChI is InChI=1S/C15H24N2O/c1-18-12-15-4-2-14(3-5-15)11-17-8-6-13(10-16)7-9-17/h2-5,13H,6-12,16H2,1H3. The highest BCUT2D eigenvalue weighted by Crippen LogP contribution is 2.18. The van der Waals surface area contributed by atoms with Crippen molar-refractivity contribution in [3.05, 3.63) is 35.4 Å². The normalized spacial score (nSPS) is 18.1. The first-order valence-electron chi connectivity index (χ1n) is 6.81. The van der Waals surface area contributed by atoms with Gasteiger partial charge in [0.05, 0.1) is 6.61 Å². The van der Waals surface area contributed by atoms with Crippen LogP contribution in [-0.4, -0.2) is 31.6 Å². The smallest absolute Gasteiger partial charge is 0.0713 e. The van der Waals surface area contributed by atoms with Crippen LogP contribution < -0.4 is 5.73 Å². The highest BCUT2D eigenvalue weighted by Gasteiger charge is 2.17. The van der Waals surface area contributed by atoms with Gasteiger partial charge in [0.25, 0.3) is 0 Å². The number of likely N-dealkylation sites (tertiary alicyclic amines) is 1. The van der Waals surface area contributed by atoms with Gasteiger partial charge in [-0.25, -0.2) is 0 Å². The predicted octanol–water partition coefficient (Wildman–Crippen LogP) is 2.00. The molecule has 0 aromatic heterocycles. The third kappa shape index (κ3) is 3.80. The summed E-state index contributed by atoms with van der Waals surface area (Å²) in [5.74, 6) is 0.741. The van der Waals surface area contributed by atoms with Crippen LogP contribution in [0.1, 0.15) is 24.0 Å². The Hall–Kier alpha value is -0.900. The Bertz CT molecular complexity index is 342. The molecule has 2 N–H and O–H groups in total. The second-order valence-corrected chi connectivity index (χ2v) is 5.20. The topological polar surface area (TPSA) is 38.5 Å². The van der Waals surface area contributed by atoms with Crippen LogP contribution in [-0.2, 0) is 17.9 Å². The van der Waals surface area contributed by atoms with Gasteiger partial charge in [-0.3, -0.25) is 4.90 Å². The largest absolute Gasteiger partial charge is 0.380 e. The molecule has 1 heterocycles. The van der Waals surface area contributed by atoms with Crippen molar-refractivity contribution in [2.24, 2.45) is 11.7 Å². The van der Waals surface area contributed by atoms with Gasteiger partial charge in [0.15, 0.2) is 0 Å². The van der Waals surface area contributed by atoms with E-state index in [4.69, 9.17) is 10.5 Å². The van der Waals surface area contributed by atoms with Crippen molar-refractivity contribution in [2.75, 3.05) is 26.7 Å². The van der Waals surface area contributed by atoms with E-state index in [0.29, 0.717) is 6.61 Å². The minimum atomic E-state index is 0.697. The highest BCUT2D eigenvalue weighted by molar-refractivity contribution is 5.22. The third-order valence-electron chi connectivity index (χ3n) is 3.78. The Morgan fingerprint density at radius 2 is 1.78 bits per heavy atom. The predicted molar refractivity (Wildman–Crippen MR) is 74.2 cm³/mol. The maximum atomic E-state index is 5.72. The number of nitrogens with two attached hydrogens (primary N) is 1. The van der Waals surface area contributed by atoms with Crippen molar-refractivity contribution in [2.45, 2.75) is 26.0 Å². The third-order valence-corrected chi connectivity index (χ3v) is 3.78. The fourth-order valence-corrected chi connectivity index (χ4v) is 2.55. The van der Waals surface area contributed by atoms with E-state index in [-0.39, 0.29) is 0 Å². The average Bonchev–Trinajstić information content (AvgIpc) is 2.42. The Morgan fingerprint density at radius 1 is 1.17 bits per heavy atom. The van der Waals surface area contributed by atoms with Crippen LogP contribution in [0.5, 0.6) is 0 Å². The second-order valence-electron chi connectivity index (χ2n) is 5.20. The molecule has 18 heavy (non-hydrogen) atoms. The van der Waals surface area contributed by atoms with Crippen molar-refractivity contribution in [3.8, 4) is 0 Å². The number of methoxy groups -OCH3 is 1. The molecule has 1 aliphatic heterocycles. The van der Waals surface area contributed by atoms with Crippen LogP contribution in [0.4, 0.5) is 0 Å². The highest BCUT2D eigenvalue weighted by atomic mass is 16.5. The van der Waals surface area contributed by atoms with Crippen molar-refractivity contribution < 1.29 is 4.74 Å². The van der Waals surface area contributed by atoms with E-state index in [1.165, 1.54) is 37.1 Å². The van der Waals surface area contributed by atoms with Crippen molar-refractivity contribution in [3.63, 3.8) is 0 Å². The lowest BCUT2D eigenvalue weighted by atomic mass is 9.97. The molecule has 0 spiro atoms. The fourth-order valence-electron chi connectivity index (χ4n) is 2.55. The Kier molecular flexibility index (Phi) is 5.17. The molecule has 3 heteroatoms. The van der Waals surface area contributed by atoms with Gasteiger partial charge < -0.3 is 10.5 Å². The lowest BCUT2D eigenvalue weighted by molar-refractivity contribution is 0.180. The minimum Gasteiger partial charge on any atom is -0.380 e. The summed E-state index contributed by atoms with van der Waals surface area (Å²) in [6.45, 7) is 4.97. The summed E-state index contributed by atoms with van der Waals surface area (Å²) in [4.78, 5) is 2.53. The zero-order valence-corrected chi connectivity index (χ0v) is 11.3. The number of hydrogen-bond acceptors (Lipinski definition) is 3. The van der Waals surface area contributed by atoms with E-state index in [9.17, 15) is 0 Å². The second kappa shape index (κ2) is 6.88. The monoisotopic (exact) mass is 248 g/mol. The lowest BCUT2D eigenvalue weighted by Gasteiger charge is -2.31. The zero-order chi connectivity index (χ0) is 12.8. The first-order valence-corrected chi connectivity index (χ1v) is 6.81. The van der Waals surface area contributed by atoms with Gasteiger partial charge in [-0.05, 0) is 49.5 Å². The maximum absolute atomic E-state index is 5.72. The minimum absolute atomic E-state index is 0.697. The van der Waals surface area contributed by atoms with Gasteiger partial charge in [-0.1, -0.05) is 24.3 Å². The Labute approximate surface area is 110 Å². The van der Waals surface area contributed by atoms with Gasteiger partial charge in [0, 0.05) is 13.7 Å². The van der Waals surface area contributed by atoms with Gasteiger partial charge in [0.1, 0.15) is 0 Å². The van der Waals surface area contributed by atoms with E-state index >= 15 is 0 Å². The van der Waals surface area contributed by atoms with Crippen LogP contribution in [0.2, 0.25) is 0 Å². The SMILES string of the molecule is COCc1ccc(CN2CCC(CN)CC2)cc1. The van der Waals surface area contributed by atoms with Crippen LogP contribution in [0.3, 0.4) is 0 Å². The van der Waals surface area contributed by atoms with Crippen LogP contribution in [0, 0.1) is 5.92 Å². The number of rotatable bonds is 5. The molecule has 0 radical (unpaired) electrons. The van der Waals surface area contributed by atoms with Crippen molar-refractivity contribution in [1.82, 2.24) is 4.90 Å². The van der Waals surface area contributed by atoms with Crippen molar-refractivity contribution in [1.29, 1.82) is 0 Å². The quantitative estimate of drug-likeness (QED) is 0.866. The van der Waals surface area contributed by atoms with E-state index in [2.05, 4.69) is 29.2 Å². The molecule has 0 amide bonds. The van der Waals surface area contributed by atoms with Crippen LogP contribution >= 0.6 is 0 Å². The Balaban J connectivity index is 1.82. The Morgan fingerprint density at radius 3 is 2.33 bits per heavy atom. The molecule has 1 saturated heterocycles. The maximum Gasteiger partial charge on any atom is 0.0713 e.